The van der Waals surface area contributed by atoms with Gasteiger partial charge in [0.05, 0.1) is 30.8 Å². The number of hydrogen-bond acceptors (Lipinski definition) is 5. The van der Waals surface area contributed by atoms with Gasteiger partial charge in [0.2, 0.25) is 0 Å². The minimum Gasteiger partial charge on any atom is -0.497 e. The Kier molecular flexibility index (Phi) is 7.33. The van der Waals surface area contributed by atoms with Gasteiger partial charge in [-0.15, -0.1) is 11.3 Å². The van der Waals surface area contributed by atoms with E-state index in [-0.39, 0.29) is 0 Å². The third-order valence-corrected chi connectivity index (χ3v) is 4.51. The molecule has 1 aromatic heterocycles. The van der Waals surface area contributed by atoms with Crippen LogP contribution < -0.4 is 4.74 Å². The molecule has 0 radical (unpaired) electrons. The van der Waals surface area contributed by atoms with Crippen LogP contribution in [0.25, 0.3) is 0 Å². The lowest BCUT2D eigenvalue weighted by atomic mass is 10.2. The van der Waals surface area contributed by atoms with E-state index < -0.39 is 6.10 Å². The molecule has 1 heterocycles. The quantitative estimate of drug-likeness (QED) is 0.748. The van der Waals surface area contributed by atoms with E-state index in [1.807, 2.05) is 43.4 Å². The van der Waals surface area contributed by atoms with E-state index in [0.29, 0.717) is 19.8 Å². The zero-order valence-electron chi connectivity index (χ0n) is 13.4. The fourth-order valence-corrected chi connectivity index (χ4v) is 3.42. The molecule has 0 aliphatic carbocycles. The summed E-state index contributed by atoms with van der Waals surface area (Å²) >= 11 is 7.48. The summed E-state index contributed by atoms with van der Waals surface area (Å²) in [5, 5.41) is 10.1. The maximum atomic E-state index is 10.1. The summed E-state index contributed by atoms with van der Waals surface area (Å²) in [6.45, 7) is 2.07. The lowest BCUT2D eigenvalue weighted by Crippen LogP contribution is -2.31. The van der Waals surface area contributed by atoms with Gasteiger partial charge in [-0.1, -0.05) is 23.7 Å². The van der Waals surface area contributed by atoms with Crippen LogP contribution in [-0.2, 0) is 17.9 Å². The van der Waals surface area contributed by atoms with Gasteiger partial charge in [-0.2, -0.15) is 0 Å². The van der Waals surface area contributed by atoms with Gasteiger partial charge in [0.15, 0.2) is 0 Å². The number of ether oxygens (including phenoxy) is 2. The van der Waals surface area contributed by atoms with E-state index in [1.165, 1.54) is 4.88 Å². The molecule has 23 heavy (non-hydrogen) atoms. The number of likely N-dealkylation sites (N-methyl/N-ethyl adjacent to an activating group) is 1. The zero-order chi connectivity index (χ0) is 16.7. The highest BCUT2D eigenvalue weighted by molar-refractivity contribution is 7.16. The minimum atomic E-state index is -0.527. The fraction of sp³-hybridized carbons (Fsp3) is 0.412. The highest BCUT2D eigenvalue weighted by atomic mass is 35.5. The molecule has 126 valence electrons. The van der Waals surface area contributed by atoms with Crippen LogP contribution in [0.4, 0.5) is 0 Å². The van der Waals surface area contributed by atoms with Crippen molar-refractivity contribution in [3.05, 3.63) is 51.2 Å². The molecule has 0 fully saturated rings. The molecule has 1 aromatic carbocycles. The first kappa shape index (κ1) is 18.2. The number of nitrogens with zero attached hydrogens (tertiary/aromatic N) is 1. The Labute approximate surface area is 146 Å². The molecule has 0 amide bonds. The van der Waals surface area contributed by atoms with Crippen molar-refractivity contribution < 1.29 is 14.6 Å². The number of hydrogen-bond donors (Lipinski definition) is 1. The Hall–Kier alpha value is -1.11. The predicted molar refractivity (Wildman–Crippen MR) is 94.3 cm³/mol. The molecule has 1 N–H and O–H groups in total. The molecular formula is C17H22ClNO3S. The first-order chi connectivity index (χ1) is 11.1. The van der Waals surface area contributed by atoms with Crippen LogP contribution in [0.15, 0.2) is 36.4 Å². The van der Waals surface area contributed by atoms with E-state index in [0.717, 1.165) is 22.2 Å². The van der Waals surface area contributed by atoms with Crippen molar-refractivity contribution in [1.82, 2.24) is 4.90 Å². The SMILES string of the molecule is COc1cccc(COCC(O)CN(C)Cc2ccc(Cl)s2)c1. The smallest absolute Gasteiger partial charge is 0.119 e. The number of aliphatic hydroxyl groups excluding tert-OH is 1. The van der Waals surface area contributed by atoms with Crippen LogP contribution in [-0.4, -0.2) is 43.4 Å². The monoisotopic (exact) mass is 355 g/mol. The van der Waals surface area contributed by atoms with Crippen LogP contribution in [0, 0.1) is 0 Å². The Morgan fingerprint density at radius 2 is 2.13 bits per heavy atom. The highest BCUT2D eigenvalue weighted by Crippen LogP contribution is 2.22. The first-order valence-electron chi connectivity index (χ1n) is 7.38. The van der Waals surface area contributed by atoms with Crippen LogP contribution in [0.3, 0.4) is 0 Å². The maximum absolute atomic E-state index is 10.1. The van der Waals surface area contributed by atoms with Crippen molar-refractivity contribution in [2.75, 3.05) is 27.3 Å². The second-order valence-corrected chi connectivity index (χ2v) is 7.22. The molecular weight excluding hydrogens is 334 g/mol. The van der Waals surface area contributed by atoms with Crippen molar-refractivity contribution in [3.63, 3.8) is 0 Å². The van der Waals surface area contributed by atoms with Crippen LogP contribution in [0.2, 0.25) is 4.34 Å². The van der Waals surface area contributed by atoms with Crippen molar-refractivity contribution in [1.29, 1.82) is 0 Å². The zero-order valence-corrected chi connectivity index (χ0v) is 14.9. The van der Waals surface area contributed by atoms with Gasteiger partial charge in [-0.05, 0) is 36.9 Å². The van der Waals surface area contributed by atoms with Crippen molar-refractivity contribution in [3.8, 4) is 5.75 Å². The van der Waals surface area contributed by atoms with Crippen LogP contribution in [0.1, 0.15) is 10.4 Å². The number of methoxy groups -OCH3 is 1. The number of halogens is 1. The molecule has 0 aliphatic rings. The standard InChI is InChI=1S/C17H22ClNO3S/c1-19(10-16-6-7-17(18)23-16)9-14(20)12-22-11-13-4-3-5-15(8-13)21-2/h3-8,14,20H,9-12H2,1-2H3. The summed E-state index contributed by atoms with van der Waals surface area (Å²) in [4.78, 5) is 3.24. The van der Waals surface area contributed by atoms with Crippen molar-refractivity contribution in [2.45, 2.75) is 19.3 Å². The second kappa shape index (κ2) is 9.25. The number of benzene rings is 1. The van der Waals surface area contributed by atoms with Gasteiger partial charge in [0.25, 0.3) is 0 Å². The molecule has 0 aliphatic heterocycles. The molecule has 1 unspecified atom stereocenters. The van der Waals surface area contributed by atoms with Crippen molar-refractivity contribution in [2.24, 2.45) is 0 Å². The van der Waals surface area contributed by atoms with E-state index in [1.54, 1.807) is 18.4 Å². The Morgan fingerprint density at radius 1 is 1.30 bits per heavy atom. The predicted octanol–water partition coefficient (Wildman–Crippen LogP) is 3.42. The van der Waals surface area contributed by atoms with Gasteiger partial charge < -0.3 is 14.6 Å². The first-order valence-corrected chi connectivity index (χ1v) is 8.57. The summed E-state index contributed by atoms with van der Waals surface area (Å²) in [6.07, 6.45) is -0.527. The largest absolute Gasteiger partial charge is 0.497 e. The minimum absolute atomic E-state index is 0.298. The molecule has 4 nitrogen and oxygen atoms in total. The molecule has 0 spiro atoms. The summed E-state index contributed by atoms with van der Waals surface area (Å²) in [5.74, 6) is 0.806. The molecule has 6 heteroatoms. The van der Waals surface area contributed by atoms with Gasteiger partial charge >= 0.3 is 0 Å². The number of aliphatic hydroxyl groups is 1. The third kappa shape index (κ3) is 6.49. The number of thiophene rings is 1. The van der Waals surface area contributed by atoms with Gasteiger partial charge in [-0.3, -0.25) is 4.90 Å². The fourth-order valence-electron chi connectivity index (χ4n) is 2.25. The summed E-state index contributed by atoms with van der Waals surface area (Å²) in [6, 6.07) is 11.6. The molecule has 2 aromatic rings. The van der Waals surface area contributed by atoms with Gasteiger partial charge in [0.1, 0.15) is 5.75 Å². The lowest BCUT2D eigenvalue weighted by molar-refractivity contribution is 0.0128. The van der Waals surface area contributed by atoms with Crippen molar-refractivity contribution >= 4 is 22.9 Å². The normalized spacial score (nSPS) is 12.6. The maximum Gasteiger partial charge on any atom is 0.119 e. The number of rotatable bonds is 9. The Balaban J connectivity index is 1.68. The van der Waals surface area contributed by atoms with Crippen LogP contribution >= 0.6 is 22.9 Å². The lowest BCUT2D eigenvalue weighted by Gasteiger charge is -2.20. The molecule has 2 rings (SSSR count). The summed E-state index contributed by atoms with van der Waals surface area (Å²) in [7, 11) is 3.61. The molecule has 0 saturated heterocycles. The van der Waals surface area contributed by atoms with E-state index in [4.69, 9.17) is 21.1 Å². The van der Waals surface area contributed by atoms with E-state index >= 15 is 0 Å². The topological polar surface area (TPSA) is 41.9 Å². The average molecular weight is 356 g/mol. The van der Waals surface area contributed by atoms with E-state index in [2.05, 4.69) is 4.90 Å². The van der Waals surface area contributed by atoms with Crippen LogP contribution in [0.5, 0.6) is 5.75 Å². The Morgan fingerprint density at radius 3 is 2.83 bits per heavy atom. The average Bonchev–Trinajstić information content (AvgIpc) is 2.92. The summed E-state index contributed by atoms with van der Waals surface area (Å²) in [5.41, 5.74) is 1.03. The van der Waals surface area contributed by atoms with Gasteiger partial charge in [-0.25, -0.2) is 0 Å². The molecule has 0 saturated carbocycles. The summed E-state index contributed by atoms with van der Waals surface area (Å²) < 4.78 is 11.5. The highest BCUT2D eigenvalue weighted by Gasteiger charge is 2.10. The second-order valence-electron chi connectivity index (χ2n) is 5.42. The van der Waals surface area contributed by atoms with E-state index in [9.17, 15) is 5.11 Å². The third-order valence-electron chi connectivity index (χ3n) is 3.29. The Bertz CT molecular complexity index is 605. The molecule has 0 bridgehead atoms. The van der Waals surface area contributed by atoms with Gasteiger partial charge in [0, 0.05) is 18.0 Å². The molecule has 1 atom stereocenters.